The molecule has 0 radical (unpaired) electrons. The summed E-state index contributed by atoms with van der Waals surface area (Å²) in [5.41, 5.74) is 0.308. The molecule has 6 nitrogen and oxygen atoms in total. The number of nitrogens with one attached hydrogen (secondary N) is 1. The van der Waals surface area contributed by atoms with Gasteiger partial charge in [0.15, 0.2) is 0 Å². The summed E-state index contributed by atoms with van der Waals surface area (Å²) in [6, 6.07) is 6.70. The molecule has 1 aromatic carbocycles. The van der Waals surface area contributed by atoms with E-state index in [4.69, 9.17) is 0 Å². The summed E-state index contributed by atoms with van der Waals surface area (Å²) in [6.45, 7) is 0. The SMILES string of the molecule is O=S(=O)(F)c1ccc(S(=O)(=O)Nc2ccncc2)cc1. The molecule has 0 amide bonds. The summed E-state index contributed by atoms with van der Waals surface area (Å²) in [6.07, 6.45) is 2.83. The number of hydrogen-bond acceptors (Lipinski definition) is 5. The molecule has 0 aliphatic rings. The van der Waals surface area contributed by atoms with E-state index in [1.54, 1.807) is 0 Å². The molecule has 0 aliphatic carbocycles. The van der Waals surface area contributed by atoms with Crippen molar-refractivity contribution >= 4 is 25.9 Å². The van der Waals surface area contributed by atoms with Crippen molar-refractivity contribution in [3.63, 3.8) is 0 Å². The maximum Gasteiger partial charge on any atom is 0.332 e. The van der Waals surface area contributed by atoms with Crippen molar-refractivity contribution in [2.75, 3.05) is 4.72 Å². The Bertz CT molecular complexity index is 803. The van der Waals surface area contributed by atoms with Crippen LogP contribution >= 0.6 is 0 Å². The fourth-order valence-electron chi connectivity index (χ4n) is 1.42. The fraction of sp³-hybridized carbons (Fsp3) is 0. The van der Waals surface area contributed by atoms with Gasteiger partial charge in [0.2, 0.25) is 0 Å². The average Bonchev–Trinajstić information content (AvgIpc) is 2.38. The van der Waals surface area contributed by atoms with Crippen LogP contribution in [0.25, 0.3) is 0 Å². The lowest BCUT2D eigenvalue weighted by Gasteiger charge is -2.07. The highest BCUT2D eigenvalue weighted by atomic mass is 32.3. The van der Waals surface area contributed by atoms with Crippen LogP contribution in [0.2, 0.25) is 0 Å². The number of anilines is 1. The molecule has 20 heavy (non-hydrogen) atoms. The van der Waals surface area contributed by atoms with E-state index in [1.807, 2.05) is 0 Å². The predicted molar refractivity (Wildman–Crippen MR) is 69.8 cm³/mol. The summed E-state index contributed by atoms with van der Waals surface area (Å²) in [7, 11) is -8.72. The minimum atomic E-state index is -4.85. The van der Waals surface area contributed by atoms with E-state index in [-0.39, 0.29) is 4.90 Å². The maximum atomic E-state index is 12.7. The quantitative estimate of drug-likeness (QED) is 0.864. The van der Waals surface area contributed by atoms with Gasteiger partial charge in [0, 0.05) is 12.4 Å². The average molecular weight is 316 g/mol. The highest BCUT2D eigenvalue weighted by molar-refractivity contribution is 7.92. The number of sulfonamides is 1. The molecule has 1 N–H and O–H groups in total. The van der Waals surface area contributed by atoms with Crippen LogP contribution < -0.4 is 4.72 Å². The molecule has 0 saturated heterocycles. The summed E-state index contributed by atoms with van der Waals surface area (Å²) >= 11 is 0. The predicted octanol–water partition coefficient (Wildman–Crippen LogP) is 1.54. The molecule has 106 valence electrons. The highest BCUT2D eigenvalue weighted by Crippen LogP contribution is 2.18. The van der Waals surface area contributed by atoms with E-state index in [2.05, 4.69) is 9.71 Å². The molecule has 0 saturated carbocycles. The third kappa shape index (κ3) is 3.31. The first-order valence-electron chi connectivity index (χ1n) is 5.27. The number of halogens is 1. The smallest absolute Gasteiger partial charge is 0.280 e. The number of aromatic nitrogens is 1. The third-order valence-corrected chi connectivity index (χ3v) is 4.58. The molecule has 2 aromatic rings. The van der Waals surface area contributed by atoms with E-state index < -0.39 is 25.1 Å². The lowest BCUT2D eigenvalue weighted by Crippen LogP contribution is -2.13. The second-order valence-corrected chi connectivity index (χ2v) is 6.78. The van der Waals surface area contributed by atoms with E-state index in [9.17, 15) is 20.7 Å². The molecule has 1 heterocycles. The molecule has 2 rings (SSSR count). The monoisotopic (exact) mass is 316 g/mol. The van der Waals surface area contributed by atoms with Crippen LogP contribution in [0, 0.1) is 0 Å². The van der Waals surface area contributed by atoms with Gasteiger partial charge in [-0.05, 0) is 36.4 Å². The van der Waals surface area contributed by atoms with Crippen LogP contribution in [0.5, 0.6) is 0 Å². The van der Waals surface area contributed by atoms with Gasteiger partial charge in [0.25, 0.3) is 10.0 Å². The van der Waals surface area contributed by atoms with Crippen molar-refractivity contribution in [2.24, 2.45) is 0 Å². The van der Waals surface area contributed by atoms with Crippen LogP contribution in [-0.2, 0) is 20.2 Å². The second kappa shape index (κ2) is 5.17. The van der Waals surface area contributed by atoms with Gasteiger partial charge < -0.3 is 0 Å². The number of benzene rings is 1. The zero-order valence-corrected chi connectivity index (χ0v) is 11.5. The van der Waals surface area contributed by atoms with Crippen LogP contribution in [0.1, 0.15) is 0 Å². The first-order chi connectivity index (χ1) is 9.29. The number of hydrogen-bond donors (Lipinski definition) is 1. The summed E-state index contributed by atoms with van der Waals surface area (Å²) in [4.78, 5) is 2.97. The standard InChI is InChI=1S/C11H9FN2O4S2/c12-19(15,16)10-1-3-11(4-2-10)20(17,18)14-9-5-7-13-8-6-9/h1-8H,(H,13,14). The summed E-state index contributed by atoms with van der Waals surface area (Å²) < 4.78 is 60.2. The third-order valence-electron chi connectivity index (χ3n) is 2.35. The number of pyridine rings is 1. The number of rotatable bonds is 4. The van der Waals surface area contributed by atoms with Gasteiger partial charge in [-0.25, -0.2) is 8.42 Å². The second-order valence-electron chi connectivity index (χ2n) is 3.75. The van der Waals surface area contributed by atoms with Crippen LogP contribution in [0.4, 0.5) is 9.57 Å². The Kier molecular flexibility index (Phi) is 3.73. The molecule has 0 fully saturated rings. The molecular formula is C11H9FN2O4S2. The fourth-order valence-corrected chi connectivity index (χ4v) is 2.94. The molecule has 0 bridgehead atoms. The summed E-state index contributed by atoms with van der Waals surface area (Å²) in [5, 5.41) is 0. The van der Waals surface area contributed by atoms with Crippen molar-refractivity contribution in [3.05, 3.63) is 48.8 Å². The number of nitrogens with zero attached hydrogens (tertiary/aromatic N) is 1. The van der Waals surface area contributed by atoms with E-state index >= 15 is 0 Å². The molecule has 0 aliphatic heterocycles. The van der Waals surface area contributed by atoms with Crippen LogP contribution in [-0.4, -0.2) is 21.8 Å². The van der Waals surface area contributed by atoms with Gasteiger partial charge in [0.05, 0.1) is 15.5 Å². The van der Waals surface area contributed by atoms with Crippen LogP contribution in [0.15, 0.2) is 58.6 Å². The molecular weight excluding hydrogens is 307 g/mol. The van der Waals surface area contributed by atoms with E-state index in [0.717, 1.165) is 24.3 Å². The lowest BCUT2D eigenvalue weighted by molar-refractivity contribution is 0.551. The van der Waals surface area contributed by atoms with Gasteiger partial charge in [-0.2, -0.15) is 8.42 Å². The zero-order chi connectivity index (χ0) is 14.8. The Morgan fingerprint density at radius 3 is 1.85 bits per heavy atom. The first-order valence-corrected chi connectivity index (χ1v) is 8.13. The molecule has 1 aromatic heterocycles. The van der Waals surface area contributed by atoms with Gasteiger partial charge >= 0.3 is 10.2 Å². The van der Waals surface area contributed by atoms with Gasteiger partial charge in [-0.1, -0.05) is 0 Å². The highest BCUT2D eigenvalue weighted by Gasteiger charge is 2.17. The Hall–Kier alpha value is -2.00. The van der Waals surface area contributed by atoms with Crippen molar-refractivity contribution in [2.45, 2.75) is 9.79 Å². The van der Waals surface area contributed by atoms with Crippen LogP contribution in [0.3, 0.4) is 0 Å². The minimum absolute atomic E-state index is 0.179. The van der Waals surface area contributed by atoms with Crippen molar-refractivity contribution in [1.29, 1.82) is 0 Å². The van der Waals surface area contributed by atoms with E-state index in [1.165, 1.54) is 24.5 Å². The molecule has 9 heteroatoms. The van der Waals surface area contributed by atoms with Gasteiger partial charge in [0.1, 0.15) is 0 Å². The normalized spacial score (nSPS) is 12.1. The van der Waals surface area contributed by atoms with E-state index in [0.29, 0.717) is 5.69 Å². The molecule has 0 spiro atoms. The largest absolute Gasteiger partial charge is 0.332 e. The Morgan fingerprint density at radius 2 is 1.35 bits per heavy atom. The Balaban J connectivity index is 2.31. The lowest BCUT2D eigenvalue weighted by atomic mass is 10.4. The Morgan fingerprint density at radius 1 is 0.850 bits per heavy atom. The Labute approximate surface area is 115 Å². The van der Waals surface area contributed by atoms with Crippen molar-refractivity contribution in [1.82, 2.24) is 4.98 Å². The molecule has 0 unspecified atom stereocenters. The van der Waals surface area contributed by atoms with Gasteiger partial charge in [-0.3, -0.25) is 9.71 Å². The zero-order valence-electron chi connectivity index (χ0n) is 9.89. The van der Waals surface area contributed by atoms with Crippen molar-refractivity contribution in [3.8, 4) is 0 Å². The topological polar surface area (TPSA) is 93.2 Å². The van der Waals surface area contributed by atoms with Gasteiger partial charge in [-0.15, -0.1) is 3.89 Å². The minimum Gasteiger partial charge on any atom is -0.280 e. The first kappa shape index (κ1) is 14.4. The molecule has 0 atom stereocenters. The van der Waals surface area contributed by atoms with Crippen molar-refractivity contribution < 1.29 is 20.7 Å². The summed E-state index contributed by atoms with van der Waals surface area (Å²) in [5.74, 6) is 0. The maximum absolute atomic E-state index is 12.7.